The molecule has 1 saturated heterocycles. The van der Waals surface area contributed by atoms with Gasteiger partial charge in [0.2, 0.25) is 11.8 Å². The van der Waals surface area contributed by atoms with Crippen molar-refractivity contribution in [1.82, 2.24) is 9.80 Å². The summed E-state index contributed by atoms with van der Waals surface area (Å²) in [6.45, 7) is -0.304. The number of rotatable bonds is 6. The topological polar surface area (TPSA) is 96.4 Å². The highest BCUT2D eigenvalue weighted by Crippen LogP contribution is 2.31. The van der Waals surface area contributed by atoms with Gasteiger partial charge in [-0.1, -0.05) is 30.3 Å². The fourth-order valence-corrected chi connectivity index (χ4v) is 3.37. The van der Waals surface area contributed by atoms with E-state index < -0.39 is 11.9 Å². The molecule has 1 atom stereocenters. The van der Waals surface area contributed by atoms with Crippen LogP contribution in [0.2, 0.25) is 0 Å². The Balaban J connectivity index is 0.00000107. The van der Waals surface area contributed by atoms with Gasteiger partial charge in [-0.15, -0.1) is 0 Å². The SMILES string of the molecule is COc1cc(F)c(CN2C(=O)CN(C)C(=O)[C@H]2Cc2ccccc2)cc1OC.O=CO. The molecule has 1 N–H and O–H groups in total. The highest BCUT2D eigenvalue weighted by Gasteiger charge is 2.38. The Morgan fingerprint density at radius 1 is 1.13 bits per heavy atom. The van der Waals surface area contributed by atoms with E-state index in [4.69, 9.17) is 19.4 Å². The Kier molecular flexibility index (Phi) is 8.36. The maximum absolute atomic E-state index is 14.6. The quantitative estimate of drug-likeness (QED) is 0.701. The van der Waals surface area contributed by atoms with Gasteiger partial charge in [-0.3, -0.25) is 14.4 Å². The first-order valence-corrected chi connectivity index (χ1v) is 9.42. The number of hydrogen-bond acceptors (Lipinski definition) is 5. The molecule has 2 amide bonds. The zero-order valence-electron chi connectivity index (χ0n) is 17.6. The summed E-state index contributed by atoms with van der Waals surface area (Å²) in [5, 5.41) is 6.89. The molecule has 8 nitrogen and oxygen atoms in total. The van der Waals surface area contributed by atoms with E-state index in [9.17, 15) is 14.0 Å². The van der Waals surface area contributed by atoms with Crippen molar-refractivity contribution in [3.8, 4) is 11.5 Å². The number of carboxylic acid groups (broad SMARTS) is 1. The molecule has 31 heavy (non-hydrogen) atoms. The van der Waals surface area contributed by atoms with E-state index in [1.54, 1.807) is 7.05 Å². The van der Waals surface area contributed by atoms with Crippen molar-refractivity contribution in [2.24, 2.45) is 0 Å². The molecule has 9 heteroatoms. The molecule has 1 aliphatic heterocycles. The van der Waals surface area contributed by atoms with Gasteiger partial charge in [0.25, 0.3) is 6.47 Å². The highest BCUT2D eigenvalue weighted by atomic mass is 19.1. The molecule has 3 rings (SSSR count). The van der Waals surface area contributed by atoms with Crippen LogP contribution in [0, 0.1) is 5.82 Å². The number of ether oxygens (including phenoxy) is 2. The van der Waals surface area contributed by atoms with Crippen LogP contribution in [0.5, 0.6) is 11.5 Å². The molecule has 2 aromatic carbocycles. The Labute approximate surface area is 179 Å². The van der Waals surface area contributed by atoms with Gasteiger partial charge in [0, 0.05) is 31.6 Å². The number of hydrogen-bond donors (Lipinski definition) is 1. The second-order valence-electron chi connectivity index (χ2n) is 6.83. The van der Waals surface area contributed by atoms with Crippen molar-refractivity contribution >= 4 is 18.3 Å². The first-order valence-electron chi connectivity index (χ1n) is 9.42. The van der Waals surface area contributed by atoms with Crippen LogP contribution < -0.4 is 9.47 Å². The predicted octanol–water partition coefficient (Wildman–Crippen LogP) is 1.96. The first-order chi connectivity index (χ1) is 14.9. The van der Waals surface area contributed by atoms with Crippen LogP contribution in [-0.2, 0) is 27.3 Å². The highest BCUT2D eigenvalue weighted by molar-refractivity contribution is 5.94. The molecule has 0 aromatic heterocycles. The minimum Gasteiger partial charge on any atom is -0.493 e. The van der Waals surface area contributed by atoms with Crippen LogP contribution in [0.1, 0.15) is 11.1 Å². The molecular weight excluding hydrogens is 407 g/mol. The number of amides is 2. The van der Waals surface area contributed by atoms with Gasteiger partial charge in [0.15, 0.2) is 11.5 Å². The van der Waals surface area contributed by atoms with E-state index in [0.29, 0.717) is 12.2 Å². The predicted molar refractivity (Wildman–Crippen MR) is 110 cm³/mol. The van der Waals surface area contributed by atoms with E-state index in [2.05, 4.69) is 0 Å². The number of halogens is 1. The molecule has 0 spiro atoms. The smallest absolute Gasteiger partial charge is 0.290 e. The summed E-state index contributed by atoms with van der Waals surface area (Å²) >= 11 is 0. The van der Waals surface area contributed by atoms with Crippen molar-refractivity contribution in [3.05, 3.63) is 59.4 Å². The molecule has 0 radical (unpaired) electrons. The van der Waals surface area contributed by atoms with E-state index >= 15 is 0 Å². The van der Waals surface area contributed by atoms with E-state index in [-0.39, 0.29) is 42.7 Å². The van der Waals surface area contributed by atoms with Crippen molar-refractivity contribution in [1.29, 1.82) is 0 Å². The third-order valence-electron chi connectivity index (χ3n) is 4.90. The van der Waals surface area contributed by atoms with Crippen LogP contribution in [0.25, 0.3) is 0 Å². The molecule has 0 saturated carbocycles. The average Bonchev–Trinajstić information content (AvgIpc) is 2.76. The summed E-state index contributed by atoms with van der Waals surface area (Å²) < 4.78 is 24.9. The fourth-order valence-electron chi connectivity index (χ4n) is 3.37. The van der Waals surface area contributed by atoms with Gasteiger partial charge < -0.3 is 24.4 Å². The molecule has 0 unspecified atom stereocenters. The minimum atomic E-state index is -0.693. The molecule has 1 heterocycles. The second kappa shape index (κ2) is 11.0. The van der Waals surface area contributed by atoms with E-state index in [1.165, 1.54) is 36.2 Å². The van der Waals surface area contributed by atoms with Crippen LogP contribution in [-0.4, -0.2) is 67.0 Å². The normalized spacial score (nSPS) is 15.8. The lowest BCUT2D eigenvalue weighted by Crippen LogP contribution is -2.59. The number of carbonyl (C=O) groups is 3. The van der Waals surface area contributed by atoms with Gasteiger partial charge in [0.05, 0.1) is 20.8 Å². The fraction of sp³-hybridized carbons (Fsp3) is 0.318. The molecule has 1 aliphatic rings. The van der Waals surface area contributed by atoms with Gasteiger partial charge in [0.1, 0.15) is 11.9 Å². The number of likely N-dealkylation sites (N-methyl/N-ethyl adjacent to an activating group) is 1. The van der Waals surface area contributed by atoms with Gasteiger partial charge in [-0.05, 0) is 11.6 Å². The second-order valence-corrected chi connectivity index (χ2v) is 6.83. The first kappa shape index (κ1) is 23.7. The van der Waals surface area contributed by atoms with Crippen molar-refractivity contribution < 1.29 is 33.4 Å². The molecular formula is C22H25FN2O6. The van der Waals surface area contributed by atoms with E-state index in [0.717, 1.165) is 5.56 Å². The molecule has 166 valence electrons. The lowest BCUT2D eigenvalue weighted by molar-refractivity contribution is -0.155. The monoisotopic (exact) mass is 432 g/mol. The third kappa shape index (κ3) is 5.71. The third-order valence-corrected chi connectivity index (χ3v) is 4.90. The van der Waals surface area contributed by atoms with Gasteiger partial charge in [-0.25, -0.2) is 4.39 Å². The van der Waals surface area contributed by atoms with Crippen molar-refractivity contribution in [2.75, 3.05) is 27.8 Å². The van der Waals surface area contributed by atoms with E-state index in [1.807, 2.05) is 30.3 Å². The van der Waals surface area contributed by atoms with Gasteiger partial charge in [-0.2, -0.15) is 0 Å². The Bertz CT molecular complexity index is 922. The summed E-state index contributed by atoms with van der Waals surface area (Å²) in [5.41, 5.74) is 1.20. The Hall–Kier alpha value is -3.62. The largest absolute Gasteiger partial charge is 0.493 e. The summed E-state index contributed by atoms with van der Waals surface area (Å²) in [4.78, 5) is 36.7. The zero-order chi connectivity index (χ0) is 23.0. The van der Waals surface area contributed by atoms with Crippen LogP contribution in [0.4, 0.5) is 4.39 Å². The summed E-state index contributed by atoms with van der Waals surface area (Å²) in [6.07, 6.45) is 0.366. The Morgan fingerprint density at radius 2 is 1.71 bits per heavy atom. The molecule has 2 aromatic rings. The zero-order valence-corrected chi connectivity index (χ0v) is 17.6. The van der Waals surface area contributed by atoms with Crippen molar-refractivity contribution in [2.45, 2.75) is 19.0 Å². The molecule has 0 bridgehead atoms. The summed E-state index contributed by atoms with van der Waals surface area (Å²) in [7, 11) is 4.49. The summed E-state index contributed by atoms with van der Waals surface area (Å²) in [5.74, 6) is -0.270. The summed E-state index contributed by atoms with van der Waals surface area (Å²) in [6, 6.07) is 11.5. The molecule has 0 aliphatic carbocycles. The average molecular weight is 432 g/mol. The van der Waals surface area contributed by atoms with Gasteiger partial charge >= 0.3 is 0 Å². The number of piperazine rings is 1. The lowest BCUT2D eigenvalue weighted by atomic mass is 10.00. The van der Waals surface area contributed by atoms with Crippen LogP contribution >= 0.6 is 0 Å². The standard InChI is InChI=1S/C21H23FN2O4.CH2O2/c1-23-13-20(25)24(17(21(23)26)9-14-7-5-4-6-8-14)12-15-10-18(27-2)19(28-3)11-16(15)22;2-1-3/h4-8,10-11,17H,9,12-13H2,1-3H3;1H,(H,2,3)/t17-;/m1./s1. The number of methoxy groups -OCH3 is 2. The maximum atomic E-state index is 14.6. The lowest BCUT2D eigenvalue weighted by Gasteiger charge is -2.39. The number of nitrogens with zero attached hydrogens (tertiary/aromatic N) is 2. The van der Waals surface area contributed by atoms with Crippen molar-refractivity contribution in [3.63, 3.8) is 0 Å². The maximum Gasteiger partial charge on any atom is 0.290 e. The molecule has 1 fully saturated rings. The van der Waals surface area contributed by atoms with Crippen LogP contribution in [0.3, 0.4) is 0 Å². The Morgan fingerprint density at radius 3 is 2.29 bits per heavy atom. The number of carbonyl (C=O) groups excluding carboxylic acids is 2. The van der Waals surface area contributed by atoms with Crippen LogP contribution in [0.15, 0.2) is 42.5 Å². The minimum absolute atomic E-state index is 0.0257. The number of benzene rings is 2.